The first-order chi connectivity index (χ1) is 15.4. The molecule has 9 nitrogen and oxygen atoms in total. The number of amides is 1. The zero-order valence-electron chi connectivity index (χ0n) is 17.2. The SMILES string of the molecule is O=C(Cn1nnc2ccccc2c1=O)Nc1cc(S(=O)(=O)N2CCCCCC2)ccc1Cl. The number of hydrogen-bond acceptors (Lipinski definition) is 6. The van der Waals surface area contributed by atoms with Crippen LogP contribution in [-0.4, -0.2) is 46.7 Å². The van der Waals surface area contributed by atoms with Gasteiger partial charge in [0.05, 0.1) is 21.0 Å². The van der Waals surface area contributed by atoms with Gasteiger partial charge in [-0.3, -0.25) is 9.59 Å². The summed E-state index contributed by atoms with van der Waals surface area (Å²) in [6.07, 6.45) is 3.64. The Kier molecular flexibility index (Phi) is 6.54. The van der Waals surface area contributed by atoms with Gasteiger partial charge in [0.25, 0.3) is 5.56 Å². The lowest BCUT2D eigenvalue weighted by Gasteiger charge is -2.20. The van der Waals surface area contributed by atoms with Crippen LogP contribution < -0.4 is 10.9 Å². The molecule has 0 radical (unpaired) electrons. The van der Waals surface area contributed by atoms with Crippen LogP contribution in [0, 0.1) is 0 Å². The highest BCUT2D eigenvalue weighted by Crippen LogP contribution is 2.28. The third kappa shape index (κ3) is 4.67. The molecule has 1 aromatic heterocycles. The summed E-state index contributed by atoms with van der Waals surface area (Å²) in [6.45, 7) is 0.544. The van der Waals surface area contributed by atoms with Crippen molar-refractivity contribution >= 4 is 44.1 Å². The minimum absolute atomic E-state index is 0.0572. The number of hydrogen-bond donors (Lipinski definition) is 1. The molecular weight excluding hydrogens is 454 g/mol. The van der Waals surface area contributed by atoms with Crippen LogP contribution in [0.4, 0.5) is 5.69 Å². The maximum Gasteiger partial charge on any atom is 0.278 e. The number of carbonyl (C=O) groups excluding carboxylic acids is 1. The van der Waals surface area contributed by atoms with Crippen LogP contribution in [0.2, 0.25) is 5.02 Å². The molecule has 0 spiro atoms. The zero-order valence-corrected chi connectivity index (χ0v) is 18.8. The molecule has 1 amide bonds. The van der Waals surface area contributed by atoms with E-state index in [1.54, 1.807) is 24.3 Å². The second kappa shape index (κ2) is 9.35. The molecule has 1 aliphatic heterocycles. The summed E-state index contributed by atoms with van der Waals surface area (Å²) >= 11 is 6.19. The molecule has 0 bridgehead atoms. The number of fused-ring (bicyclic) bond motifs is 1. The van der Waals surface area contributed by atoms with E-state index in [0.29, 0.717) is 24.0 Å². The van der Waals surface area contributed by atoms with Crippen molar-refractivity contribution in [3.8, 4) is 0 Å². The normalized spacial score (nSPS) is 15.4. The van der Waals surface area contributed by atoms with Gasteiger partial charge in [0.2, 0.25) is 15.9 Å². The largest absolute Gasteiger partial charge is 0.323 e. The van der Waals surface area contributed by atoms with Crippen LogP contribution >= 0.6 is 11.6 Å². The van der Waals surface area contributed by atoms with Gasteiger partial charge < -0.3 is 5.32 Å². The molecule has 4 rings (SSSR count). The first-order valence-corrected chi connectivity index (χ1v) is 12.1. The van der Waals surface area contributed by atoms with Crippen molar-refractivity contribution in [1.82, 2.24) is 19.3 Å². The van der Waals surface area contributed by atoms with Crippen LogP contribution in [0.1, 0.15) is 25.7 Å². The second-order valence-corrected chi connectivity index (χ2v) is 9.92. The lowest BCUT2D eigenvalue weighted by molar-refractivity contribution is -0.117. The van der Waals surface area contributed by atoms with E-state index in [1.807, 2.05) is 0 Å². The average Bonchev–Trinajstić information content (AvgIpc) is 3.07. The Morgan fingerprint density at radius 1 is 1.06 bits per heavy atom. The summed E-state index contributed by atoms with van der Waals surface area (Å²) in [5, 5.41) is 10.9. The van der Waals surface area contributed by atoms with Crippen molar-refractivity contribution in [2.45, 2.75) is 37.1 Å². The molecule has 2 aromatic carbocycles. The van der Waals surface area contributed by atoms with E-state index in [1.165, 1.54) is 22.5 Å². The molecule has 1 aliphatic rings. The van der Waals surface area contributed by atoms with Crippen LogP contribution in [0.5, 0.6) is 0 Å². The highest BCUT2D eigenvalue weighted by atomic mass is 35.5. The molecule has 11 heteroatoms. The van der Waals surface area contributed by atoms with Crippen LogP contribution in [0.25, 0.3) is 10.9 Å². The molecule has 0 atom stereocenters. The van der Waals surface area contributed by atoms with Crippen LogP contribution in [0.3, 0.4) is 0 Å². The van der Waals surface area contributed by atoms with Crippen molar-refractivity contribution in [1.29, 1.82) is 0 Å². The third-order valence-corrected chi connectivity index (χ3v) is 7.56. The minimum Gasteiger partial charge on any atom is -0.323 e. The van der Waals surface area contributed by atoms with E-state index in [2.05, 4.69) is 15.6 Å². The molecule has 2 heterocycles. The molecule has 3 aromatic rings. The number of benzene rings is 2. The Morgan fingerprint density at radius 3 is 2.53 bits per heavy atom. The monoisotopic (exact) mass is 475 g/mol. The summed E-state index contributed by atoms with van der Waals surface area (Å²) in [6, 6.07) is 10.9. The predicted molar refractivity (Wildman–Crippen MR) is 121 cm³/mol. The average molecular weight is 476 g/mol. The van der Waals surface area contributed by atoms with Gasteiger partial charge in [-0.2, -0.15) is 4.31 Å². The molecule has 0 unspecified atom stereocenters. The number of anilines is 1. The number of halogens is 1. The standard InChI is InChI=1S/C21H22ClN5O4S/c22-17-10-9-15(32(30,31)26-11-5-1-2-6-12-26)13-19(17)23-20(28)14-27-21(29)16-7-3-4-8-18(16)24-25-27/h3-4,7-10,13H,1-2,5-6,11-12,14H2,(H,23,28). The number of nitrogens with zero attached hydrogens (tertiary/aromatic N) is 4. The van der Waals surface area contributed by atoms with E-state index in [4.69, 9.17) is 11.6 Å². The Balaban J connectivity index is 1.55. The van der Waals surface area contributed by atoms with Gasteiger partial charge in [0.15, 0.2) is 0 Å². The van der Waals surface area contributed by atoms with Gasteiger partial charge in [-0.25, -0.2) is 13.1 Å². The fourth-order valence-electron chi connectivity index (χ4n) is 3.64. The van der Waals surface area contributed by atoms with Gasteiger partial charge in [0.1, 0.15) is 12.1 Å². The van der Waals surface area contributed by atoms with Crippen LogP contribution in [0.15, 0.2) is 52.2 Å². The van der Waals surface area contributed by atoms with E-state index >= 15 is 0 Å². The number of rotatable bonds is 5. The fraction of sp³-hybridized carbons (Fsp3) is 0.333. The molecular formula is C21H22ClN5O4S. The summed E-state index contributed by atoms with van der Waals surface area (Å²) in [5.74, 6) is -0.581. The summed E-state index contributed by atoms with van der Waals surface area (Å²) in [4.78, 5) is 25.2. The lowest BCUT2D eigenvalue weighted by atomic mass is 10.2. The van der Waals surface area contributed by atoms with Gasteiger partial charge in [-0.05, 0) is 43.2 Å². The van der Waals surface area contributed by atoms with Gasteiger partial charge in [-0.1, -0.05) is 41.8 Å². The summed E-state index contributed by atoms with van der Waals surface area (Å²) in [5.41, 5.74) is 0.132. The number of nitrogens with one attached hydrogen (secondary N) is 1. The van der Waals surface area contributed by atoms with Gasteiger partial charge in [0, 0.05) is 13.1 Å². The summed E-state index contributed by atoms with van der Waals surface area (Å²) < 4.78 is 28.5. The molecule has 32 heavy (non-hydrogen) atoms. The second-order valence-electron chi connectivity index (χ2n) is 7.58. The van der Waals surface area contributed by atoms with Crippen molar-refractivity contribution in [3.63, 3.8) is 0 Å². The predicted octanol–water partition coefficient (Wildman–Crippen LogP) is 2.65. The highest BCUT2D eigenvalue weighted by Gasteiger charge is 2.26. The molecule has 0 saturated carbocycles. The Hall–Kier alpha value is -2.82. The molecule has 0 aliphatic carbocycles. The van der Waals surface area contributed by atoms with Crippen molar-refractivity contribution in [2.75, 3.05) is 18.4 Å². The van der Waals surface area contributed by atoms with Gasteiger partial charge in [-0.15, -0.1) is 5.10 Å². The topological polar surface area (TPSA) is 114 Å². The third-order valence-electron chi connectivity index (χ3n) is 5.34. The fourth-order valence-corrected chi connectivity index (χ4v) is 5.35. The maximum atomic E-state index is 13.1. The highest BCUT2D eigenvalue weighted by molar-refractivity contribution is 7.89. The van der Waals surface area contributed by atoms with Gasteiger partial charge >= 0.3 is 0 Å². The summed E-state index contributed by atoms with van der Waals surface area (Å²) in [7, 11) is -3.70. The Labute approximate surface area is 190 Å². The molecule has 168 valence electrons. The molecule has 1 N–H and O–H groups in total. The maximum absolute atomic E-state index is 13.1. The van der Waals surface area contributed by atoms with E-state index < -0.39 is 28.0 Å². The number of carbonyl (C=O) groups is 1. The first-order valence-electron chi connectivity index (χ1n) is 10.3. The van der Waals surface area contributed by atoms with Crippen LogP contribution in [-0.2, 0) is 21.4 Å². The van der Waals surface area contributed by atoms with Crippen molar-refractivity contribution in [2.24, 2.45) is 0 Å². The smallest absolute Gasteiger partial charge is 0.278 e. The van der Waals surface area contributed by atoms with E-state index in [0.717, 1.165) is 30.4 Å². The number of sulfonamides is 1. The minimum atomic E-state index is -3.70. The van der Waals surface area contributed by atoms with E-state index in [9.17, 15) is 18.0 Å². The first kappa shape index (κ1) is 22.4. The lowest BCUT2D eigenvalue weighted by Crippen LogP contribution is -2.32. The van der Waals surface area contributed by atoms with Crippen molar-refractivity contribution < 1.29 is 13.2 Å². The van der Waals surface area contributed by atoms with E-state index in [-0.39, 0.29) is 15.6 Å². The Bertz CT molecular complexity index is 1320. The van der Waals surface area contributed by atoms with Crippen molar-refractivity contribution in [3.05, 3.63) is 57.8 Å². The Morgan fingerprint density at radius 2 is 1.78 bits per heavy atom. The zero-order chi connectivity index (χ0) is 22.7. The number of aromatic nitrogens is 3. The molecule has 1 fully saturated rings. The quantitative estimate of drug-likeness (QED) is 0.606. The molecule has 1 saturated heterocycles.